The van der Waals surface area contributed by atoms with Gasteiger partial charge in [0.05, 0.1) is 20.3 Å². The lowest BCUT2D eigenvalue weighted by molar-refractivity contribution is 0.123. The molecule has 1 aromatic carbocycles. The summed E-state index contributed by atoms with van der Waals surface area (Å²) in [5.74, 6) is 5.76. The summed E-state index contributed by atoms with van der Waals surface area (Å²) in [6.45, 7) is 2.54. The zero-order valence-corrected chi connectivity index (χ0v) is 8.82. The van der Waals surface area contributed by atoms with Crippen LogP contribution in [0.4, 0.5) is 0 Å². The van der Waals surface area contributed by atoms with E-state index in [1.807, 2.05) is 6.92 Å². The zero-order valence-electron chi connectivity index (χ0n) is 8.82. The molecule has 0 amide bonds. The summed E-state index contributed by atoms with van der Waals surface area (Å²) in [6.07, 6.45) is 0. The van der Waals surface area contributed by atoms with Crippen molar-refractivity contribution in [2.75, 3.05) is 13.7 Å². The highest BCUT2D eigenvalue weighted by molar-refractivity contribution is 5.52. The van der Waals surface area contributed by atoms with Gasteiger partial charge in [0.25, 0.3) is 0 Å². The lowest BCUT2D eigenvalue weighted by Crippen LogP contribution is -2.01. The quantitative estimate of drug-likeness (QED) is 0.719. The van der Waals surface area contributed by atoms with E-state index in [-0.39, 0.29) is 12.4 Å². The van der Waals surface area contributed by atoms with Crippen LogP contribution in [0.3, 0.4) is 0 Å². The largest absolute Gasteiger partial charge is 0.504 e. The monoisotopic (exact) mass is 213 g/mol. The fourth-order valence-corrected chi connectivity index (χ4v) is 1.29. The summed E-state index contributed by atoms with van der Waals surface area (Å²) in [5, 5.41) is 9.62. The van der Waals surface area contributed by atoms with Gasteiger partial charge in [-0.1, -0.05) is 0 Å². The Hall–Kier alpha value is -1.46. The molecule has 0 bridgehead atoms. The van der Waals surface area contributed by atoms with Crippen molar-refractivity contribution < 1.29 is 19.4 Å². The number of nitrogens with two attached hydrogens (primary N) is 1. The highest BCUT2D eigenvalue weighted by Crippen LogP contribution is 2.37. The number of hydrogen-bond acceptors (Lipinski definition) is 5. The second kappa shape index (κ2) is 5.43. The van der Waals surface area contributed by atoms with Gasteiger partial charge in [0.2, 0.25) is 5.75 Å². The van der Waals surface area contributed by atoms with E-state index in [0.717, 1.165) is 5.56 Å². The van der Waals surface area contributed by atoms with Gasteiger partial charge in [-0.25, -0.2) is 5.90 Å². The predicted octanol–water partition coefficient (Wildman–Crippen LogP) is 1.19. The Morgan fingerprint density at radius 2 is 2.13 bits per heavy atom. The van der Waals surface area contributed by atoms with Crippen LogP contribution in [-0.4, -0.2) is 18.8 Å². The Balaban J connectivity index is 3.07. The smallest absolute Gasteiger partial charge is 0.203 e. The number of aromatic hydroxyl groups is 1. The van der Waals surface area contributed by atoms with Gasteiger partial charge in [0.1, 0.15) is 0 Å². The lowest BCUT2D eigenvalue weighted by atomic mass is 10.2. The van der Waals surface area contributed by atoms with Gasteiger partial charge in [-0.15, -0.1) is 0 Å². The van der Waals surface area contributed by atoms with Crippen LogP contribution in [0.1, 0.15) is 12.5 Å². The molecule has 1 rings (SSSR count). The number of phenolic OH excluding ortho intramolecular Hbond substituents is 1. The number of rotatable bonds is 5. The first-order chi connectivity index (χ1) is 7.22. The molecular weight excluding hydrogens is 198 g/mol. The molecule has 5 nitrogen and oxygen atoms in total. The van der Waals surface area contributed by atoms with E-state index < -0.39 is 0 Å². The predicted molar refractivity (Wildman–Crippen MR) is 54.8 cm³/mol. The maximum atomic E-state index is 9.62. The maximum Gasteiger partial charge on any atom is 0.203 e. The van der Waals surface area contributed by atoms with Crippen LogP contribution in [0.5, 0.6) is 17.2 Å². The second-order valence-electron chi connectivity index (χ2n) is 2.89. The molecule has 0 unspecified atom stereocenters. The van der Waals surface area contributed by atoms with Gasteiger partial charge in [0, 0.05) is 0 Å². The third kappa shape index (κ3) is 2.74. The molecule has 0 saturated heterocycles. The molecule has 1 aromatic rings. The Labute approximate surface area is 88.3 Å². The molecule has 15 heavy (non-hydrogen) atoms. The van der Waals surface area contributed by atoms with Crippen molar-refractivity contribution in [3.63, 3.8) is 0 Å². The molecule has 0 aromatic heterocycles. The first-order valence-corrected chi connectivity index (χ1v) is 4.57. The Bertz CT molecular complexity index is 327. The average Bonchev–Trinajstić information content (AvgIpc) is 2.18. The van der Waals surface area contributed by atoms with Crippen LogP contribution >= 0.6 is 0 Å². The Morgan fingerprint density at radius 3 is 2.67 bits per heavy atom. The number of hydrogen-bond donors (Lipinski definition) is 2. The number of phenols is 1. The normalized spacial score (nSPS) is 10.1. The molecule has 84 valence electrons. The van der Waals surface area contributed by atoms with E-state index in [9.17, 15) is 5.11 Å². The summed E-state index contributed by atoms with van der Waals surface area (Å²) in [6, 6.07) is 3.24. The van der Waals surface area contributed by atoms with Crippen molar-refractivity contribution in [1.29, 1.82) is 0 Å². The second-order valence-corrected chi connectivity index (χ2v) is 2.89. The van der Waals surface area contributed by atoms with Gasteiger partial charge in [-0.2, -0.15) is 0 Å². The molecule has 0 saturated carbocycles. The van der Waals surface area contributed by atoms with E-state index in [1.165, 1.54) is 13.2 Å². The van der Waals surface area contributed by atoms with Crippen LogP contribution in [0, 0.1) is 0 Å². The third-order valence-electron chi connectivity index (χ3n) is 1.85. The fraction of sp³-hybridized carbons (Fsp3) is 0.400. The molecule has 0 aliphatic rings. The minimum absolute atomic E-state index is 0.00972. The summed E-state index contributed by atoms with van der Waals surface area (Å²) < 4.78 is 10.3. The van der Waals surface area contributed by atoms with Crippen LogP contribution in [0.15, 0.2) is 12.1 Å². The SMILES string of the molecule is CCOc1cc(CON)cc(O)c1OC. The van der Waals surface area contributed by atoms with Gasteiger partial charge >= 0.3 is 0 Å². The molecule has 0 aliphatic carbocycles. The average molecular weight is 213 g/mol. The van der Waals surface area contributed by atoms with Crippen molar-refractivity contribution >= 4 is 0 Å². The van der Waals surface area contributed by atoms with Crippen molar-refractivity contribution in [1.82, 2.24) is 0 Å². The number of methoxy groups -OCH3 is 1. The molecule has 0 atom stereocenters. The molecule has 0 fully saturated rings. The van der Waals surface area contributed by atoms with Gasteiger partial charge in [-0.05, 0) is 24.6 Å². The molecule has 0 heterocycles. The zero-order chi connectivity index (χ0) is 11.3. The number of benzene rings is 1. The fourth-order valence-electron chi connectivity index (χ4n) is 1.29. The molecule has 5 heteroatoms. The minimum Gasteiger partial charge on any atom is -0.504 e. The summed E-state index contributed by atoms with van der Waals surface area (Å²) >= 11 is 0. The first kappa shape index (κ1) is 11.6. The lowest BCUT2D eigenvalue weighted by Gasteiger charge is -2.12. The molecular formula is C10H15NO4. The summed E-state index contributed by atoms with van der Waals surface area (Å²) in [5.41, 5.74) is 0.722. The van der Waals surface area contributed by atoms with E-state index >= 15 is 0 Å². The minimum atomic E-state index is 0.00972. The highest BCUT2D eigenvalue weighted by atomic mass is 16.6. The van der Waals surface area contributed by atoms with Gasteiger partial charge < -0.3 is 14.6 Å². The molecule has 0 spiro atoms. The van der Waals surface area contributed by atoms with Gasteiger partial charge in [-0.3, -0.25) is 4.84 Å². The Kier molecular flexibility index (Phi) is 4.20. The van der Waals surface area contributed by atoms with E-state index in [0.29, 0.717) is 18.1 Å². The molecule has 0 aliphatic heterocycles. The van der Waals surface area contributed by atoms with Crippen molar-refractivity contribution in [3.05, 3.63) is 17.7 Å². The topological polar surface area (TPSA) is 73.9 Å². The highest BCUT2D eigenvalue weighted by Gasteiger charge is 2.11. The molecule has 3 N–H and O–H groups in total. The van der Waals surface area contributed by atoms with Crippen LogP contribution < -0.4 is 15.4 Å². The van der Waals surface area contributed by atoms with Crippen LogP contribution in [-0.2, 0) is 11.4 Å². The first-order valence-electron chi connectivity index (χ1n) is 4.57. The van der Waals surface area contributed by atoms with Gasteiger partial charge in [0.15, 0.2) is 11.5 Å². The van der Waals surface area contributed by atoms with Crippen LogP contribution in [0.25, 0.3) is 0 Å². The van der Waals surface area contributed by atoms with Crippen molar-refractivity contribution in [2.45, 2.75) is 13.5 Å². The van der Waals surface area contributed by atoms with Crippen molar-refractivity contribution in [2.24, 2.45) is 5.90 Å². The maximum absolute atomic E-state index is 9.62. The van der Waals surface area contributed by atoms with E-state index in [1.54, 1.807) is 6.07 Å². The third-order valence-corrected chi connectivity index (χ3v) is 1.85. The number of ether oxygens (including phenoxy) is 2. The van der Waals surface area contributed by atoms with Crippen LogP contribution in [0.2, 0.25) is 0 Å². The molecule has 0 radical (unpaired) electrons. The Morgan fingerprint density at radius 1 is 1.40 bits per heavy atom. The summed E-state index contributed by atoms with van der Waals surface area (Å²) in [7, 11) is 1.47. The van der Waals surface area contributed by atoms with E-state index in [2.05, 4.69) is 4.84 Å². The standard InChI is InChI=1S/C10H15NO4/c1-3-14-9-5-7(6-15-11)4-8(12)10(9)13-2/h4-5,12H,3,6,11H2,1-2H3. The van der Waals surface area contributed by atoms with Crippen molar-refractivity contribution in [3.8, 4) is 17.2 Å². The van der Waals surface area contributed by atoms with E-state index in [4.69, 9.17) is 15.4 Å². The summed E-state index contributed by atoms with van der Waals surface area (Å²) in [4.78, 5) is 4.48.